The van der Waals surface area contributed by atoms with Crippen LogP contribution in [0, 0.1) is 11.3 Å². The van der Waals surface area contributed by atoms with Crippen LogP contribution in [-0.4, -0.2) is 31.4 Å². The number of carbonyl (C=O) groups is 1. The number of ether oxygens (including phenoxy) is 3. The van der Waals surface area contributed by atoms with Gasteiger partial charge in [0, 0.05) is 11.6 Å². The number of methoxy groups -OCH3 is 1. The Hall–Kier alpha value is -3.46. The zero-order valence-electron chi connectivity index (χ0n) is 15.3. The highest BCUT2D eigenvalue weighted by molar-refractivity contribution is 5.96. The van der Waals surface area contributed by atoms with Crippen LogP contribution >= 0.6 is 0 Å². The molecule has 27 heavy (non-hydrogen) atoms. The number of rotatable bonds is 9. The van der Waals surface area contributed by atoms with Gasteiger partial charge in [0.2, 0.25) is 0 Å². The molecule has 0 fully saturated rings. The van der Waals surface area contributed by atoms with Crippen molar-refractivity contribution < 1.29 is 24.1 Å². The van der Waals surface area contributed by atoms with E-state index in [1.54, 1.807) is 24.3 Å². The molecule has 0 radical (unpaired) electrons. The lowest BCUT2D eigenvalue weighted by molar-refractivity contribution is -0.132. The summed E-state index contributed by atoms with van der Waals surface area (Å²) in [4.78, 5) is 11.1. The minimum Gasteiger partial charge on any atom is -0.497 e. The average Bonchev–Trinajstić information content (AvgIpc) is 2.70. The lowest BCUT2D eigenvalue weighted by Gasteiger charge is -2.12. The van der Waals surface area contributed by atoms with Gasteiger partial charge in [-0.15, -0.1) is 0 Å². The number of aliphatic carboxylic acids is 1. The summed E-state index contributed by atoms with van der Waals surface area (Å²) in [5.74, 6) is 0.428. The van der Waals surface area contributed by atoms with E-state index in [-0.39, 0.29) is 12.2 Å². The summed E-state index contributed by atoms with van der Waals surface area (Å²) in [5, 5.41) is 18.0. The molecule has 0 aliphatic heterocycles. The number of carboxylic acid groups (broad SMARTS) is 1. The summed E-state index contributed by atoms with van der Waals surface area (Å²) in [6.07, 6.45) is 2.23. The topological polar surface area (TPSA) is 88.8 Å². The fourth-order valence-electron chi connectivity index (χ4n) is 2.32. The maximum absolute atomic E-state index is 11.1. The number of nitriles is 1. The van der Waals surface area contributed by atoms with E-state index < -0.39 is 5.97 Å². The van der Waals surface area contributed by atoms with E-state index in [0.717, 1.165) is 12.2 Å². The number of hydrogen-bond donors (Lipinski definition) is 1. The van der Waals surface area contributed by atoms with Crippen molar-refractivity contribution in [3.63, 3.8) is 0 Å². The van der Waals surface area contributed by atoms with Crippen molar-refractivity contribution in [1.82, 2.24) is 0 Å². The predicted octanol–water partition coefficient (Wildman–Crippen LogP) is 3.71. The summed E-state index contributed by atoms with van der Waals surface area (Å²) < 4.78 is 16.5. The molecule has 0 heterocycles. The molecular weight excluding hydrogens is 346 g/mol. The van der Waals surface area contributed by atoms with Gasteiger partial charge in [-0.1, -0.05) is 19.1 Å². The Labute approximate surface area is 158 Å². The van der Waals surface area contributed by atoms with Gasteiger partial charge in [0.05, 0.1) is 7.11 Å². The van der Waals surface area contributed by atoms with Gasteiger partial charge in [-0.3, -0.25) is 0 Å². The number of hydrogen-bond acceptors (Lipinski definition) is 5. The minimum absolute atomic E-state index is 0.249. The summed E-state index contributed by atoms with van der Waals surface area (Å²) in [7, 11) is 1.52. The zero-order valence-corrected chi connectivity index (χ0v) is 15.3. The third-order valence-corrected chi connectivity index (χ3v) is 3.81. The molecule has 6 nitrogen and oxygen atoms in total. The largest absolute Gasteiger partial charge is 0.497 e. The molecule has 2 rings (SSSR count). The quantitative estimate of drug-likeness (QED) is 0.413. The van der Waals surface area contributed by atoms with Crippen molar-refractivity contribution in [3.05, 3.63) is 59.2 Å². The molecule has 0 saturated carbocycles. The van der Waals surface area contributed by atoms with Crippen LogP contribution in [0.25, 0.3) is 6.08 Å². The highest BCUT2D eigenvalue weighted by Gasteiger charge is 2.10. The molecule has 140 valence electrons. The second kappa shape index (κ2) is 9.88. The van der Waals surface area contributed by atoms with Gasteiger partial charge >= 0.3 is 5.97 Å². The van der Waals surface area contributed by atoms with Crippen LogP contribution in [0.15, 0.2) is 48.0 Å². The molecule has 0 spiro atoms. The normalized spacial score (nSPS) is 10.8. The van der Waals surface area contributed by atoms with E-state index in [9.17, 15) is 4.79 Å². The van der Waals surface area contributed by atoms with Crippen LogP contribution < -0.4 is 14.2 Å². The van der Waals surface area contributed by atoms with Crippen LogP contribution in [0.3, 0.4) is 0 Å². The van der Waals surface area contributed by atoms with Crippen molar-refractivity contribution in [2.45, 2.75) is 13.3 Å². The number of nitrogens with zero attached hydrogens (tertiary/aromatic N) is 1. The third-order valence-electron chi connectivity index (χ3n) is 3.81. The lowest BCUT2D eigenvalue weighted by atomic mass is 10.1. The molecule has 0 atom stereocenters. The number of carboxylic acids is 1. The van der Waals surface area contributed by atoms with Gasteiger partial charge in [-0.05, 0) is 42.3 Å². The van der Waals surface area contributed by atoms with Gasteiger partial charge in [0.25, 0.3) is 0 Å². The molecular formula is C21H21NO5. The summed E-state index contributed by atoms with van der Waals surface area (Å²) >= 11 is 0. The predicted molar refractivity (Wildman–Crippen MR) is 101 cm³/mol. The Kier molecular flexibility index (Phi) is 7.26. The molecule has 0 bridgehead atoms. The van der Waals surface area contributed by atoms with E-state index >= 15 is 0 Å². The Morgan fingerprint density at radius 1 is 1.11 bits per heavy atom. The highest BCUT2D eigenvalue weighted by Crippen LogP contribution is 2.27. The third kappa shape index (κ3) is 5.79. The maximum Gasteiger partial charge on any atom is 0.346 e. The van der Waals surface area contributed by atoms with E-state index in [1.165, 1.54) is 18.7 Å². The second-order valence-electron chi connectivity index (χ2n) is 5.57. The highest BCUT2D eigenvalue weighted by atomic mass is 16.5. The van der Waals surface area contributed by atoms with Crippen LogP contribution in [0.5, 0.6) is 17.2 Å². The summed E-state index contributed by atoms with van der Waals surface area (Å²) in [6.45, 7) is 2.65. The fourth-order valence-corrected chi connectivity index (χ4v) is 2.32. The smallest absolute Gasteiger partial charge is 0.346 e. The van der Waals surface area contributed by atoms with E-state index in [4.69, 9.17) is 24.6 Å². The second-order valence-corrected chi connectivity index (χ2v) is 5.57. The van der Waals surface area contributed by atoms with Gasteiger partial charge < -0.3 is 19.3 Å². The maximum atomic E-state index is 11.1. The van der Waals surface area contributed by atoms with Crippen molar-refractivity contribution in [3.8, 4) is 23.3 Å². The first-order chi connectivity index (χ1) is 13.1. The van der Waals surface area contributed by atoms with Crippen LogP contribution in [0.1, 0.15) is 18.1 Å². The SMILES string of the molecule is CCc1ccc(OCCOc2cc(OC)ccc2C=C(C#N)C(=O)O)cc1. The molecule has 0 aliphatic carbocycles. The monoisotopic (exact) mass is 367 g/mol. The van der Waals surface area contributed by atoms with E-state index in [2.05, 4.69) is 6.92 Å². The van der Waals surface area contributed by atoms with Crippen LogP contribution in [-0.2, 0) is 11.2 Å². The molecule has 1 N–H and O–H groups in total. The molecule has 0 saturated heterocycles. The van der Waals surface area contributed by atoms with Gasteiger partial charge in [0.15, 0.2) is 0 Å². The first kappa shape index (κ1) is 19.9. The van der Waals surface area contributed by atoms with E-state index in [0.29, 0.717) is 23.7 Å². The molecule has 0 amide bonds. The molecule has 6 heteroatoms. The Morgan fingerprint density at radius 3 is 2.37 bits per heavy atom. The van der Waals surface area contributed by atoms with Crippen molar-refractivity contribution in [2.24, 2.45) is 0 Å². The van der Waals surface area contributed by atoms with E-state index in [1.807, 2.05) is 24.3 Å². The Balaban J connectivity index is 2.05. The van der Waals surface area contributed by atoms with Crippen molar-refractivity contribution in [2.75, 3.05) is 20.3 Å². The standard InChI is InChI=1S/C21H21NO5/c1-3-15-4-7-18(8-5-15)26-10-11-27-20-13-19(25-2)9-6-16(20)12-17(14-22)21(23)24/h4-9,12-13H,3,10-11H2,1-2H3,(H,23,24). The van der Waals surface area contributed by atoms with Crippen molar-refractivity contribution >= 4 is 12.0 Å². The lowest BCUT2D eigenvalue weighted by Crippen LogP contribution is -2.10. The molecule has 0 aliphatic rings. The Morgan fingerprint density at radius 2 is 1.78 bits per heavy atom. The fraction of sp³-hybridized carbons (Fsp3) is 0.238. The number of benzene rings is 2. The van der Waals surface area contributed by atoms with Gasteiger partial charge in [-0.2, -0.15) is 5.26 Å². The van der Waals surface area contributed by atoms with Crippen LogP contribution in [0.4, 0.5) is 0 Å². The number of aryl methyl sites for hydroxylation is 1. The molecule has 0 aromatic heterocycles. The van der Waals surface area contributed by atoms with Gasteiger partial charge in [0.1, 0.15) is 42.1 Å². The van der Waals surface area contributed by atoms with Gasteiger partial charge in [-0.25, -0.2) is 4.79 Å². The van der Waals surface area contributed by atoms with Crippen LogP contribution in [0.2, 0.25) is 0 Å². The first-order valence-corrected chi connectivity index (χ1v) is 8.45. The molecule has 0 unspecified atom stereocenters. The molecule has 2 aromatic carbocycles. The zero-order chi connectivity index (χ0) is 19.6. The minimum atomic E-state index is -1.29. The first-order valence-electron chi connectivity index (χ1n) is 8.45. The average molecular weight is 367 g/mol. The summed E-state index contributed by atoms with van der Waals surface area (Å²) in [6, 6.07) is 14.4. The molecule has 2 aromatic rings. The van der Waals surface area contributed by atoms with Crippen molar-refractivity contribution in [1.29, 1.82) is 5.26 Å². The Bertz CT molecular complexity index is 850. The summed E-state index contributed by atoms with van der Waals surface area (Å²) in [5.41, 5.74) is 1.33.